The highest BCUT2D eigenvalue weighted by molar-refractivity contribution is 7.89. The van der Waals surface area contributed by atoms with Gasteiger partial charge in [-0.3, -0.25) is 14.1 Å². The predicted molar refractivity (Wildman–Crippen MR) is 119 cm³/mol. The Balaban J connectivity index is 1.21. The van der Waals surface area contributed by atoms with Crippen molar-refractivity contribution < 1.29 is 8.42 Å². The monoisotopic (exact) mass is 460 g/mol. The first-order valence-electron chi connectivity index (χ1n) is 10.4. The molecule has 0 atom stereocenters. The number of thiazole rings is 1. The fourth-order valence-electron chi connectivity index (χ4n) is 4.12. The summed E-state index contributed by atoms with van der Waals surface area (Å²) in [5, 5.41) is 1.86. The van der Waals surface area contributed by atoms with Crippen LogP contribution in [-0.4, -0.2) is 71.3 Å². The number of sulfonamides is 1. The van der Waals surface area contributed by atoms with Crippen LogP contribution >= 0.6 is 11.3 Å². The third-order valence-corrected chi connectivity index (χ3v) is 8.50. The van der Waals surface area contributed by atoms with Gasteiger partial charge in [-0.15, -0.1) is 11.3 Å². The second-order valence-electron chi connectivity index (χ2n) is 7.87. The van der Waals surface area contributed by atoms with Crippen LogP contribution in [0.1, 0.15) is 18.5 Å². The normalized spacial score (nSPS) is 18.8. The number of nitrogens with zero attached hydrogens (tertiary/aromatic N) is 6. The van der Waals surface area contributed by atoms with E-state index in [1.54, 1.807) is 28.8 Å². The van der Waals surface area contributed by atoms with Gasteiger partial charge in [-0.2, -0.15) is 4.31 Å². The quantitative estimate of drug-likeness (QED) is 0.566. The Labute approximate surface area is 184 Å². The second-order valence-corrected chi connectivity index (χ2v) is 10.7. The molecule has 3 aromatic rings. The summed E-state index contributed by atoms with van der Waals surface area (Å²) in [6.07, 6.45) is 5.05. The number of aromatic nitrogens is 3. The molecule has 0 aliphatic carbocycles. The van der Waals surface area contributed by atoms with Crippen LogP contribution in [0.15, 0.2) is 45.7 Å². The average Bonchev–Trinajstić information content (AvgIpc) is 3.47. The standard InChI is InChI=1S/C20H24N6O3S2/c27-19-13-16(22-20-26(19)11-12-30-20)15-23-7-9-24(10-8-23)18-4-3-17(14-21-18)31(28,29)25-5-1-2-6-25/h3-4,11-14H,1-2,5-10,15H2. The number of anilines is 1. The zero-order valence-electron chi connectivity index (χ0n) is 17.1. The molecule has 0 amide bonds. The van der Waals surface area contributed by atoms with Gasteiger partial charge in [0, 0.05) is 69.7 Å². The molecule has 0 unspecified atom stereocenters. The Kier molecular flexibility index (Phi) is 5.51. The third kappa shape index (κ3) is 4.10. The van der Waals surface area contributed by atoms with Crippen molar-refractivity contribution in [3.8, 4) is 0 Å². The molecule has 164 valence electrons. The van der Waals surface area contributed by atoms with Gasteiger partial charge in [0.25, 0.3) is 5.56 Å². The average molecular weight is 461 g/mol. The summed E-state index contributed by atoms with van der Waals surface area (Å²) < 4.78 is 28.4. The van der Waals surface area contributed by atoms with E-state index in [1.165, 1.54) is 21.8 Å². The van der Waals surface area contributed by atoms with Crippen LogP contribution in [0.2, 0.25) is 0 Å². The number of piperazine rings is 1. The molecule has 2 saturated heterocycles. The van der Waals surface area contributed by atoms with Gasteiger partial charge in [-0.05, 0) is 25.0 Å². The van der Waals surface area contributed by atoms with E-state index in [9.17, 15) is 13.2 Å². The zero-order chi connectivity index (χ0) is 21.4. The first kappa shape index (κ1) is 20.6. The highest BCUT2D eigenvalue weighted by Crippen LogP contribution is 2.22. The summed E-state index contributed by atoms with van der Waals surface area (Å²) in [5.41, 5.74) is 0.739. The molecule has 0 bridgehead atoms. The Bertz CT molecular complexity index is 1220. The minimum absolute atomic E-state index is 0.0481. The smallest absolute Gasteiger partial charge is 0.258 e. The predicted octanol–water partition coefficient (Wildman–Crippen LogP) is 1.26. The lowest BCUT2D eigenvalue weighted by atomic mass is 10.2. The van der Waals surface area contributed by atoms with E-state index in [0.717, 1.165) is 50.5 Å². The molecule has 9 nitrogen and oxygen atoms in total. The molecule has 0 saturated carbocycles. The Morgan fingerprint density at radius 2 is 1.81 bits per heavy atom. The highest BCUT2D eigenvalue weighted by Gasteiger charge is 2.28. The van der Waals surface area contributed by atoms with Gasteiger partial charge in [0.05, 0.1) is 5.69 Å². The molecule has 2 fully saturated rings. The zero-order valence-corrected chi connectivity index (χ0v) is 18.7. The Hall–Kier alpha value is -2.34. The van der Waals surface area contributed by atoms with E-state index in [2.05, 4.69) is 19.8 Å². The van der Waals surface area contributed by atoms with Crippen LogP contribution in [-0.2, 0) is 16.6 Å². The van der Waals surface area contributed by atoms with Gasteiger partial charge >= 0.3 is 0 Å². The van der Waals surface area contributed by atoms with Crippen LogP contribution in [0.3, 0.4) is 0 Å². The van der Waals surface area contributed by atoms with Gasteiger partial charge < -0.3 is 4.90 Å². The van der Waals surface area contributed by atoms with Gasteiger partial charge in [-0.25, -0.2) is 18.4 Å². The molecule has 5 rings (SSSR count). The molecule has 3 aromatic heterocycles. The number of rotatable bonds is 5. The van der Waals surface area contributed by atoms with E-state index < -0.39 is 10.0 Å². The van der Waals surface area contributed by atoms with Crippen LogP contribution in [0.4, 0.5) is 5.82 Å². The van der Waals surface area contributed by atoms with Crippen molar-refractivity contribution in [1.82, 2.24) is 23.6 Å². The minimum atomic E-state index is -3.43. The van der Waals surface area contributed by atoms with Crippen molar-refractivity contribution in [2.75, 3.05) is 44.2 Å². The molecular weight excluding hydrogens is 436 g/mol. The van der Waals surface area contributed by atoms with E-state index >= 15 is 0 Å². The first-order valence-corrected chi connectivity index (χ1v) is 12.7. The topological polar surface area (TPSA) is 91.1 Å². The van der Waals surface area contributed by atoms with Crippen LogP contribution < -0.4 is 10.5 Å². The maximum atomic E-state index is 12.7. The van der Waals surface area contributed by atoms with Crippen LogP contribution in [0, 0.1) is 0 Å². The van der Waals surface area contributed by atoms with Crippen molar-refractivity contribution in [1.29, 1.82) is 0 Å². The second kappa shape index (κ2) is 8.30. The molecule has 5 heterocycles. The fraction of sp³-hybridized carbons (Fsp3) is 0.450. The van der Waals surface area contributed by atoms with Crippen LogP contribution in [0.5, 0.6) is 0 Å². The summed E-state index contributed by atoms with van der Waals surface area (Å²) >= 11 is 1.46. The molecule has 0 spiro atoms. The molecule has 2 aliphatic rings. The molecule has 2 aliphatic heterocycles. The van der Waals surface area contributed by atoms with Gasteiger partial charge in [-0.1, -0.05) is 0 Å². The van der Waals surface area contributed by atoms with Crippen LogP contribution in [0.25, 0.3) is 4.96 Å². The van der Waals surface area contributed by atoms with Gasteiger partial charge in [0.1, 0.15) is 10.7 Å². The lowest BCUT2D eigenvalue weighted by Crippen LogP contribution is -2.46. The fourth-order valence-corrected chi connectivity index (χ4v) is 6.32. The third-order valence-electron chi connectivity index (χ3n) is 5.86. The van der Waals surface area contributed by atoms with Gasteiger partial charge in [0.15, 0.2) is 4.96 Å². The summed E-state index contributed by atoms with van der Waals surface area (Å²) in [5.74, 6) is 0.788. The summed E-state index contributed by atoms with van der Waals surface area (Å²) in [7, 11) is -3.43. The summed E-state index contributed by atoms with van der Waals surface area (Å²) in [6, 6.07) is 5.06. The maximum absolute atomic E-state index is 12.7. The van der Waals surface area contributed by atoms with Crippen molar-refractivity contribution in [2.24, 2.45) is 0 Å². The molecule has 0 aromatic carbocycles. The SMILES string of the molecule is O=c1cc(CN2CCN(c3ccc(S(=O)(=O)N4CCCC4)cn3)CC2)nc2sccn12. The van der Waals surface area contributed by atoms with E-state index in [0.29, 0.717) is 24.6 Å². The Morgan fingerprint density at radius 1 is 1.03 bits per heavy atom. The Morgan fingerprint density at radius 3 is 2.52 bits per heavy atom. The largest absolute Gasteiger partial charge is 0.354 e. The molecule has 31 heavy (non-hydrogen) atoms. The highest BCUT2D eigenvalue weighted by atomic mass is 32.2. The summed E-state index contributed by atoms with van der Waals surface area (Å²) in [6.45, 7) is 5.02. The number of hydrogen-bond acceptors (Lipinski definition) is 8. The maximum Gasteiger partial charge on any atom is 0.258 e. The van der Waals surface area contributed by atoms with Crippen molar-refractivity contribution in [3.05, 3.63) is 52.0 Å². The minimum Gasteiger partial charge on any atom is -0.354 e. The van der Waals surface area contributed by atoms with E-state index in [4.69, 9.17) is 0 Å². The lowest BCUT2D eigenvalue weighted by molar-refractivity contribution is 0.246. The number of hydrogen-bond donors (Lipinski definition) is 0. The lowest BCUT2D eigenvalue weighted by Gasteiger charge is -2.35. The van der Waals surface area contributed by atoms with Crippen molar-refractivity contribution in [2.45, 2.75) is 24.3 Å². The van der Waals surface area contributed by atoms with Crippen molar-refractivity contribution >= 4 is 32.1 Å². The summed E-state index contributed by atoms with van der Waals surface area (Å²) in [4.78, 5) is 26.6. The molecular formula is C20H24N6O3S2. The van der Waals surface area contributed by atoms with Gasteiger partial charge in [0.2, 0.25) is 10.0 Å². The van der Waals surface area contributed by atoms with E-state index in [1.807, 2.05) is 5.38 Å². The molecule has 0 N–H and O–H groups in total. The van der Waals surface area contributed by atoms with Crippen molar-refractivity contribution in [3.63, 3.8) is 0 Å². The van der Waals surface area contributed by atoms with E-state index in [-0.39, 0.29) is 10.5 Å². The number of pyridine rings is 1. The molecule has 11 heteroatoms. The number of fused-ring (bicyclic) bond motifs is 1. The molecule has 0 radical (unpaired) electrons. The first-order chi connectivity index (χ1) is 15.0.